The third-order valence-electron chi connectivity index (χ3n) is 2.28. The first-order chi connectivity index (χ1) is 6.49. The van der Waals surface area contributed by atoms with Gasteiger partial charge in [-0.1, -0.05) is 0 Å². The standard InChI is InChI=1S/C10H23N3O/c1-9(11-2)10(14)13(5)8-6-7-12(3)4/h9,11H,6-8H2,1-5H3. The van der Waals surface area contributed by atoms with Crippen molar-refractivity contribution < 1.29 is 4.79 Å². The number of amides is 1. The summed E-state index contributed by atoms with van der Waals surface area (Å²) in [6, 6.07) is -0.0839. The second-order valence-corrected chi connectivity index (χ2v) is 3.93. The highest BCUT2D eigenvalue weighted by Crippen LogP contribution is 1.94. The van der Waals surface area contributed by atoms with Crippen LogP contribution < -0.4 is 5.32 Å². The average Bonchev–Trinajstić information content (AvgIpc) is 2.14. The maximum atomic E-state index is 11.6. The Balaban J connectivity index is 3.73. The molecular formula is C10H23N3O. The fraction of sp³-hybridized carbons (Fsp3) is 0.900. The monoisotopic (exact) mass is 201 g/mol. The highest BCUT2D eigenvalue weighted by atomic mass is 16.2. The quantitative estimate of drug-likeness (QED) is 0.657. The Hall–Kier alpha value is -0.610. The lowest BCUT2D eigenvalue weighted by Gasteiger charge is -2.21. The van der Waals surface area contributed by atoms with E-state index in [9.17, 15) is 4.79 Å². The van der Waals surface area contributed by atoms with Crippen molar-refractivity contribution in [3.8, 4) is 0 Å². The summed E-state index contributed by atoms with van der Waals surface area (Å²) in [6.07, 6.45) is 1.02. The van der Waals surface area contributed by atoms with Gasteiger partial charge in [-0.2, -0.15) is 0 Å². The number of nitrogens with zero attached hydrogens (tertiary/aromatic N) is 2. The van der Waals surface area contributed by atoms with E-state index in [1.165, 1.54) is 0 Å². The molecule has 0 aliphatic carbocycles. The molecule has 1 unspecified atom stereocenters. The van der Waals surface area contributed by atoms with E-state index in [1.54, 1.807) is 11.9 Å². The van der Waals surface area contributed by atoms with Gasteiger partial charge in [-0.15, -0.1) is 0 Å². The topological polar surface area (TPSA) is 35.6 Å². The van der Waals surface area contributed by atoms with E-state index in [4.69, 9.17) is 0 Å². The third-order valence-corrected chi connectivity index (χ3v) is 2.28. The summed E-state index contributed by atoms with van der Waals surface area (Å²) in [4.78, 5) is 15.5. The first-order valence-corrected chi connectivity index (χ1v) is 5.06. The number of hydrogen-bond acceptors (Lipinski definition) is 3. The van der Waals surface area contributed by atoms with Gasteiger partial charge in [-0.05, 0) is 41.0 Å². The molecule has 1 N–H and O–H groups in total. The minimum atomic E-state index is -0.0839. The zero-order valence-corrected chi connectivity index (χ0v) is 10.0. The van der Waals surface area contributed by atoms with Crippen LogP contribution in [0.5, 0.6) is 0 Å². The lowest BCUT2D eigenvalue weighted by molar-refractivity contribution is -0.131. The van der Waals surface area contributed by atoms with Gasteiger partial charge in [0.25, 0.3) is 0 Å². The largest absolute Gasteiger partial charge is 0.344 e. The Morgan fingerprint density at radius 3 is 2.29 bits per heavy atom. The molecular weight excluding hydrogens is 178 g/mol. The summed E-state index contributed by atoms with van der Waals surface area (Å²) in [5, 5.41) is 2.94. The molecule has 4 nitrogen and oxygen atoms in total. The van der Waals surface area contributed by atoms with Crippen LogP contribution in [-0.4, -0.2) is 63.0 Å². The van der Waals surface area contributed by atoms with E-state index < -0.39 is 0 Å². The lowest BCUT2D eigenvalue weighted by atomic mass is 10.3. The molecule has 84 valence electrons. The van der Waals surface area contributed by atoms with Crippen molar-refractivity contribution >= 4 is 5.91 Å². The number of nitrogens with one attached hydrogen (secondary N) is 1. The van der Waals surface area contributed by atoms with Crippen molar-refractivity contribution in [1.82, 2.24) is 15.1 Å². The molecule has 0 aromatic carbocycles. The molecule has 0 aromatic rings. The number of carbonyl (C=O) groups is 1. The Labute approximate surface area is 87.3 Å². The predicted octanol–water partition coefficient (Wildman–Crippen LogP) is 0.00440. The van der Waals surface area contributed by atoms with Gasteiger partial charge in [0.2, 0.25) is 5.91 Å². The molecule has 0 rings (SSSR count). The minimum Gasteiger partial charge on any atom is -0.344 e. The molecule has 0 aliphatic rings. The molecule has 1 amide bonds. The van der Waals surface area contributed by atoms with Gasteiger partial charge >= 0.3 is 0 Å². The van der Waals surface area contributed by atoms with E-state index in [1.807, 2.05) is 28.1 Å². The van der Waals surface area contributed by atoms with Crippen molar-refractivity contribution in [2.24, 2.45) is 0 Å². The van der Waals surface area contributed by atoms with E-state index in [-0.39, 0.29) is 11.9 Å². The second-order valence-electron chi connectivity index (χ2n) is 3.93. The summed E-state index contributed by atoms with van der Waals surface area (Å²) >= 11 is 0. The number of hydrogen-bond donors (Lipinski definition) is 1. The number of carbonyl (C=O) groups excluding carboxylic acids is 1. The zero-order chi connectivity index (χ0) is 11.1. The molecule has 0 bridgehead atoms. The van der Waals surface area contributed by atoms with Crippen molar-refractivity contribution in [2.45, 2.75) is 19.4 Å². The van der Waals surface area contributed by atoms with Crippen LogP contribution in [-0.2, 0) is 4.79 Å². The van der Waals surface area contributed by atoms with Gasteiger partial charge in [-0.25, -0.2) is 0 Å². The van der Waals surface area contributed by atoms with Gasteiger partial charge in [0, 0.05) is 13.6 Å². The van der Waals surface area contributed by atoms with Crippen LogP contribution in [0.4, 0.5) is 0 Å². The minimum absolute atomic E-state index is 0.0839. The van der Waals surface area contributed by atoms with Gasteiger partial charge in [0.05, 0.1) is 6.04 Å². The molecule has 0 aromatic heterocycles. The SMILES string of the molecule is CNC(C)C(=O)N(C)CCCN(C)C. The van der Waals surface area contributed by atoms with Crippen LogP contribution >= 0.6 is 0 Å². The van der Waals surface area contributed by atoms with Crippen LogP contribution in [0, 0.1) is 0 Å². The highest BCUT2D eigenvalue weighted by Gasteiger charge is 2.14. The first kappa shape index (κ1) is 13.4. The summed E-state index contributed by atoms with van der Waals surface area (Å²) in [5.74, 6) is 0.159. The molecule has 14 heavy (non-hydrogen) atoms. The smallest absolute Gasteiger partial charge is 0.239 e. The van der Waals surface area contributed by atoms with Crippen LogP contribution in [0.15, 0.2) is 0 Å². The van der Waals surface area contributed by atoms with Gasteiger partial charge in [0.1, 0.15) is 0 Å². The molecule has 0 fully saturated rings. The number of likely N-dealkylation sites (N-methyl/N-ethyl adjacent to an activating group) is 2. The molecule has 4 heteroatoms. The number of rotatable bonds is 6. The predicted molar refractivity (Wildman–Crippen MR) is 59.3 cm³/mol. The third kappa shape index (κ3) is 5.19. The Morgan fingerprint density at radius 1 is 1.29 bits per heavy atom. The van der Waals surface area contributed by atoms with Crippen molar-refractivity contribution in [3.05, 3.63) is 0 Å². The van der Waals surface area contributed by atoms with Gasteiger partial charge in [-0.3, -0.25) is 4.79 Å². The molecule has 0 saturated carbocycles. The summed E-state index contributed by atoms with van der Waals surface area (Å²) in [5.41, 5.74) is 0. The molecule has 0 heterocycles. The molecule has 0 saturated heterocycles. The highest BCUT2D eigenvalue weighted by molar-refractivity contribution is 5.81. The van der Waals surface area contributed by atoms with Crippen molar-refractivity contribution in [2.75, 3.05) is 41.3 Å². The normalized spacial score (nSPS) is 13.0. The fourth-order valence-electron chi connectivity index (χ4n) is 1.19. The maximum absolute atomic E-state index is 11.6. The summed E-state index contributed by atoms with van der Waals surface area (Å²) < 4.78 is 0. The summed E-state index contributed by atoms with van der Waals surface area (Å²) in [6.45, 7) is 3.72. The first-order valence-electron chi connectivity index (χ1n) is 5.06. The molecule has 0 aliphatic heterocycles. The zero-order valence-electron chi connectivity index (χ0n) is 10.0. The van der Waals surface area contributed by atoms with Crippen LogP contribution in [0.2, 0.25) is 0 Å². The molecule has 1 atom stereocenters. The Morgan fingerprint density at radius 2 is 1.86 bits per heavy atom. The fourth-order valence-corrected chi connectivity index (χ4v) is 1.19. The van der Waals surface area contributed by atoms with E-state index in [2.05, 4.69) is 10.2 Å². The van der Waals surface area contributed by atoms with Crippen LogP contribution in [0.3, 0.4) is 0 Å². The average molecular weight is 201 g/mol. The Bertz CT molecular complexity index is 171. The molecule has 0 spiro atoms. The van der Waals surface area contributed by atoms with Crippen LogP contribution in [0.25, 0.3) is 0 Å². The maximum Gasteiger partial charge on any atom is 0.239 e. The van der Waals surface area contributed by atoms with E-state index in [0.717, 1.165) is 19.5 Å². The van der Waals surface area contributed by atoms with Crippen LogP contribution in [0.1, 0.15) is 13.3 Å². The lowest BCUT2D eigenvalue weighted by Crippen LogP contribution is -2.42. The van der Waals surface area contributed by atoms with E-state index >= 15 is 0 Å². The Kier molecular flexibility index (Phi) is 6.49. The van der Waals surface area contributed by atoms with Crippen molar-refractivity contribution in [1.29, 1.82) is 0 Å². The van der Waals surface area contributed by atoms with E-state index in [0.29, 0.717) is 0 Å². The summed E-state index contributed by atoms with van der Waals surface area (Å²) in [7, 11) is 7.73. The van der Waals surface area contributed by atoms with Gasteiger partial charge < -0.3 is 15.1 Å². The van der Waals surface area contributed by atoms with Gasteiger partial charge in [0.15, 0.2) is 0 Å². The second kappa shape index (κ2) is 6.79. The molecule has 0 radical (unpaired) electrons. The van der Waals surface area contributed by atoms with Crippen molar-refractivity contribution in [3.63, 3.8) is 0 Å².